The van der Waals surface area contributed by atoms with E-state index >= 15 is 0 Å². The highest BCUT2D eigenvalue weighted by Gasteiger charge is 2.15. The van der Waals surface area contributed by atoms with Gasteiger partial charge in [0.05, 0.1) is 18.3 Å². The number of rotatable bonds is 8. The first kappa shape index (κ1) is 18.2. The Labute approximate surface area is 155 Å². The maximum atomic E-state index is 11.7. The lowest BCUT2D eigenvalue weighted by atomic mass is 10.2. The smallest absolute Gasteiger partial charge is 0.271 e. The number of nitrogens with zero attached hydrogens (tertiary/aromatic N) is 3. The third-order valence-corrected chi connectivity index (χ3v) is 3.72. The zero-order valence-electron chi connectivity index (χ0n) is 14.5. The number of ether oxygens (including phenoxy) is 1. The van der Waals surface area contributed by atoms with Gasteiger partial charge in [0.1, 0.15) is 18.1 Å². The van der Waals surface area contributed by atoms with Crippen molar-refractivity contribution in [1.82, 2.24) is 15.0 Å². The largest absolute Gasteiger partial charge is 0.382 e. The second kappa shape index (κ2) is 8.19. The van der Waals surface area contributed by atoms with Crippen LogP contribution in [0.2, 0.25) is 0 Å². The van der Waals surface area contributed by atoms with Crippen LogP contribution in [0.15, 0.2) is 42.7 Å². The van der Waals surface area contributed by atoms with Crippen LogP contribution in [0.4, 0.5) is 17.3 Å². The molecule has 1 atom stereocenters. The molecule has 3 rings (SSSR count). The Kier molecular flexibility index (Phi) is 5.53. The molecule has 0 radical (unpaired) electrons. The molecule has 2 heterocycles. The number of fused-ring (bicyclic) bond motifs is 1. The number of primary amides is 1. The lowest BCUT2D eigenvalue weighted by Crippen LogP contribution is -2.27. The summed E-state index contributed by atoms with van der Waals surface area (Å²) in [5, 5.41) is 6.85. The molecular formula is C18H18N6O3. The summed E-state index contributed by atoms with van der Waals surface area (Å²) >= 11 is 0. The molecule has 0 unspecified atom stereocenters. The van der Waals surface area contributed by atoms with Gasteiger partial charge in [-0.1, -0.05) is 6.07 Å². The summed E-state index contributed by atoms with van der Waals surface area (Å²) in [6.07, 6.45) is 3.75. The number of benzene rings is 1. The average molecular weight is 366 g/mol. The number of carbonyl (C=O) groups excluding carboxylic acids is 2. The normalized spacial score (nSPS) is 11.7. The van der Waals surface area contributed by atoms with E-state index in [4.69, 9.17) is 10.5 Å². The SMILES string of the molecule is COC[C@H](C=O)Nc1cnc(C(N)=O)c(Nc2ccc3ncccc3c2)n1. The van der Waals surface area contributed by atoms with Gasteiger partial charge in [0.15, 0.2) is 11.5 Å². The second-order valence-electron chi connectivity index (χ2n) is 5.69. The first-order valence-corrected chi connectivity index (χ1v) is 8.10. The number of nitrogens with two attached hydrogens (primary N) is 1. The molecular weight excluding hydrogens is 348 g/mol. The third-order valence-electron chi connectivity index (χ3n) is 3.72. The van der Waals surface area contributed by atoms with Gasteiger partial charge in [0.2, 0.25) is 0 Å². The fraction of sp³-hybridized carbons (Fsp3) is 0.167. The van der Waals surface area contributed by atoms with Crippen LogP contribution in [0.25, 0.3) is 10.9 Å². The van der Waals surface area contributed by atoms with Gasteiger partial charge < -0.3 is 25.9 Å². The maximum absolute atomic E-state index is 11.7. The number of nitrogens with one attached hydrogen (secondary N) is 2. The Morgan fingerprint density at radius 1 is 1.33 bits per heavy atom. The van der Waals surface area contributed by atoms with Crippen molar-refractivity contribution < 1.29 is 14.3 Å². The summed E-state index contributed by atoms with van der Waals surface area (Å²) < 4.78 is 4.96. The molecule has 4 N–H and O–H groups in total. The molecule has 0 saturated heterocycles. The third kappa shape index (κ3) is 4.33. The number of anilines is 3. The van der Waals surface area contributed by atoms with Crippen molar-refractivity contribution in [2.45, 2.75) is 6.04 Å². The van der Waals surface area contributed by atoms with Gasteiger partial charge in [-0.2, -0.15) is 0 Å². The Balaban J connectivity index is 1.92. The van der Waals surface area contributed by atoms with Crippen LogP contribution in [0, 0.1) is 0 Å². The first-order valence-electron chi connectivity index (χ1n) is 8.10. The summed E-state index contributed by atoms with van der Waals surface area (Å²) in [4.78, 5) is 35.4. The van der Waals surface area contributed by atoms with Crippen LogP contribution < -0.4 is 16.4 Å². The van der Waals surface area contributed by atoms with Crippen LogP contribution in [0.1, 0.15) is 10.5 Å². The Morgan fingerprint density at radius 3 is 2.93 bits per heavy atom. The summed E-state index contributed by atoms with van der Waals surface area (Å²) in [5.41, 5.74) is 6.91. The highest BCUT2D eigenvalue weighted by Crippen LogP contribution is 2.22. The number of hydrogen-bond acceptors (Lipinski definition) is 8. The van der Waals surface area contributed by atoms with Gasteiger partial charge in [-0.25, -0.2) is 9.97 Å². The molecule has 1 amide bonds. The predicted molar refractivity (Wildman–Crippen MR) is 101 cm³/mol. The lowest BCUT2D eigenvalue weighted by Gasteiger charge is -2.14. The van der Waals surface area contributed by atoms with Crippen LogP contribution in [0.3, 0.4) is 0 Å². The predicted octanol–water partition coefficient (Wildman–Crippen LogP) is 1.49. The van der Waals surface area contributed by atoms with Crippen molar-refractivity contribution in [3.63, 3.8) is 0 Å². The zero-order valence-corrected chi connectivity index (χ0v) is 14.5. The molecule has 0 fully saturated rings. The highest BCUT2D eigenvalue weighted by atomic mass is 16.5. The van der Waals surface area contributed by atoms with E-state index in [0.29, 0.717) is 17.8 Å². The topological polar surface area (TPSA) is 132 Å². The van der Waals surface area contributed by atoms with E-state index < -0.39 is 11.9 Å². The van der Waals surface area contributed by atoms with Crippen molar-refractivity contribution in [1.29, 1.82) is 0 Å². The molecule has 27 heavy (non-hydrogen) atoms. The number of methoxy groups -OCH3 is 1. The molecule has 2 aromatic heterocycles. The van der Waals surface area contributed by atoms with Gasteiger partial charge in [-0.3, -0.25) is 9.78 Å². The van der Waals surface area contributed by atoms with Crippen molar-refractivity contribution in [3.8, 4) is 0 Å². The summed E-state index contributed by atoms with van der Waals surface area (Å²) in [6, 6.07) is 8.68. The number of aldehydes is 1. The van der Waals surface area contributed by atoms with Crippen LogP contribution in [-0.4, -0.2) is 46.9 Å². The van der Waals surface area contributed by atoms with Crippen molar-refractivity contribution in [2.75, 3.05) is 24.4 Å². The van der Waals surface area contributed by atoms with Gasteiger partial charge in [-0.05, 0) is 24.3 Å². The van der Waals surface area contributed by atoms with Crippen LogP contribution in [-0.2, 0) is 9.53 Å². The van der Waals surface area contributed by atoms with Gasteiger partial charge >= 0.3 is 0 Å². The molecule has 138 valence electrons. The summed E-state index contributed by atoms with van der Waals surface area (Å²) in [5.74, 6) is -0.236. The number of amides is 1. The summed E-state index contributed by atoms with van der Waals surface area (Å²) in [6.45, 7) is 0.170. The zero-order chi connectivity index (χ0) is 19.2. The van der Waals surface area contributed by atoms with Crippen molar-refractivity contribution in [3.05, 3.63) is 48.4 Å². The van der Waals surface area contributed by atoms with E-state index in [-0.39, 0.29) is 18.1 Å². The molecule has 0 aliphatic heterocycles. The summed E-state index contributed by atoms with van der Waals surface area (Å²) in [7, 11) is 1.49. The molecule has 0 spiro atoms. The Morgan fingerprint density at radius 2 is 2.19 bits per heavy atom. The quantitative estimate of drug-likeness (QED) is 0.511. The van der Waals surface area contributed by atoms with Crippen molar-refractivity contribution in [2.24, 2.45) is 5.73 Å². The Hall–Kier alpha value is -3.59. The lowest BCUT2D eigenvalue weighted by molar-refractivity contribution is -0.109. The van der Waals surface area contributed by atoms with E-state index in [0.717, 1.165) is 10.9 Å². The molecule has 0 aliphatic rings. The number of carbonyl (C=O) groups is 2. The number of hydrogen-bond donors (Lipinski definition) is 3. The molecule has 9 heteroatoms. The molecule has 0 bridgehead atoms. The fourth-order valence-corrected chi connectivity index (χ4v) is 2.50. The van der Waals surface area contributed by atoms with Crippen molar-refractivity contribution >= 4 is 40.4 Å². The fourth-order valence-electron chi connectivity index (χ4n) is 2.50. The molecule has 9 nitrogen and oxygen atoms in total. The molecule has 1 aromatic carbocycles. The minimum Gasteiger partial charge on any atom is -0.382 e. The van der Waals surface area contributed by atoms with E-state index in [9.17, 15) is 9.59 Å². The van der Waals surface area contributed by atoms with Crippen LogP contribution in [0.5, 0.6) is 0 Å². The van der Waals surface area contributed by atoms with Crippen LogP contribution >= 0.6 is 0 Å². The molecule has 0 saturated carbocycles. The standard InChI is InChI=1S/C18H18N6O3/c1-27-10-13(9-25)22-15-8-21-16(17(19)26)18(24-15)23-12-4-5-14-11(7-12)3-2-6-20-14/h2-9,13H,10H2,1H3,(H2,19,26)(H2,22,23,24)/t13-/m0/s1. The second-order valence-corrected chi connectivity index (χ2v) is 5.69. The van der Waals surface area contributed by atoms with E-state index in [1.807, 2.05) is 24.3 Å². The Bertz CT molecular complexity index is 978. The minimum atomic E-state index is -0.720. The highest BCUT2D eigenvalue weighted by molar-refractivity contribution is 5.96. The maximum Gasteiger partial charge on any atom is 0.271 e. The van der Waals surface area contributed by atoms with E-state index in [2.05, 4.69) is 25.6 Å². The van der Waals surface area contributed by atoms with E-state index in [1.54, 1.807) is 12.3 Å². The molecule has 0 aliphatic carbocycles. The molecule has 3 aromatic rings. The monoisotopic (exact) mass is 366 g/mol. The minimum absolute atomic E-state index is 0.0128. The van der Waals surface area contributed by atoms with Gasteiger partial charge in [0, 0.05) is 24.4 Å². The number of pyridine rings is 1. The van der Waals surface area contributed by atoms with Gasteiger partial charge in [-0.15, -0.1) is 0 Å². The average Bonchev–Trinajstić information content (AvgIpc) is 2.67. The van der Waals surface area contributed by atoms with Gasteiger partial charge in [0.25, 0.3) is 5.91 Å². The van der Waals surface area contributed by atoms with E-state index in [1.165, 1.54) is 13.3 Å². The number of aromatic nitrogens is 3. The first-order chi connectivity index (χ1) is 13.1.